The number of hydrogen-bond acceptors (Lipinski definition) is 9. The highest BCUT2D eigenvalue weighted by molar-refractivity contribution is 6.01. The highest BCUT2D eigenvalue weighted by Crippen LogP contribution is 2.33. The molecule has 2 aliphatic rings. The lowest BCUT2D eigenvalue weighted by atomic mass is 10.1. The number of nitrogens with zero attached hydrogens (tertiary/aromatic N) is 3. The number of nitrogens with one attached hydrogen (secondary N) is 1. The van der Waals surface area contributed by atoms with Crippen LogP contribution in [0.15, 0.2) is 11.3 Å². The van der Waals surface area contributed by atoms with Gasteiger partial charge in [-0.2, -0.15) is 0 Å². The Hall–Kier alpha value is -1.72. The average molecular weight is 285 g/mol. The number of anilines is 1. The van der Waals surface area contributed by atoms with Gasteiger partial charge in [-0.05, 0) is 0 Å². The molecule has 1 saturated heterocycles. The van der Waals surface area contributed by atoms with Crippen LogP contribution in [-0.2, 0) is 4.74 Å². The second-order valence-corrected chi connectivity index (χ2v) is 4.61. The summed E-state index contributed by atoms with van der Waals surface area (Å²) < 4.78 is 6.78. The number of ether oxygens (including phenoxy) is 1. The largest absolute Gasteiger partial charge is 0.394 e. The molecule has 0 aliphatic carbocycles. The standard InChI is InChI=1S/C10H15N5O5/c11-7-4-8(14-10(19)13-7)15(2-12-4)9-6(18)5(17)3(1-16)20-9/h2-3,5-6,9-10,14,16-19H,1H2,(H2,11,13)/t3-,5-,6-,9-,10?/m1/s1. The van der Waals surface area contributed by atoms with Gasteiger partial charge in [-0.1, -0.05) is 0 Å². The second-order valence-electron chi connectivity index (χ2n) is 4.61. The van der Waals surface area contributed by atoms with E-state index in [2.05, 4.69) is 15.3 Å². The van der Waals surface area contributed by atoms with Crippen molar-refractivity contribution in [2.24, 2.45) is 10.7 Å². The van der Waals surface area contributed by atoms with Crippen molar-refractivity contribution in [3.63, 3.8) is 0 Å². The third kappa shape index (κ3) is 1.85. The Labute approximate surface area is 113 Å². The molecule has 0 spiro atoms. The van der Waals surface area contributed by atoms with E-state index in [0.29, 0.717) is 11.5 Å². The van der Waals surface area contributed by atoms with Crippen molar-refractivity contribution in [2.75, 3.05) is 11.9 Å². The molecule has 10 nitrogen and oxygen atoms in total. The van der Waals surface area contributed by atoms with E-state index < -0.39 is 37.5 Å². The van der Waals surface area contributed by atoms with Crippen LogP contribution in [0.25, 0.3) is 0 Å². The molecule has 20 heavy (non-hydrogen) atoms. The molecule has 0 amide bonds. The lowest BCUT2D eigenvalue weighted by Gasteiger charge is -2.23. The van der Waals surface area contributed by atoms with E-state index in [1.807, 2.05) is 0 Å². The first kappa shape index (κ1) is 13.3. The summed E-state index contributed by atoms with van der Waals surface area (Å²) in [6, 6.07) is 0. The van der Waals surface area contributed by atoms with Gasteiger partial charge in [0.1, 0.15) is 29.8 Å². The number of aliphatic hydroxyl groups excluding tert-OH is 4. The molecule has 3 heterocycles. The quantitative estimate of drug-likeness (QED) is 0.333. The van der Waals surface area contributed by atoms with Crippen molar-refractivity contribution in [3.8, 4) is 0 Å². The van der Waals surface area contributed by atoms with Crippen LogP contribution < -0.4 is 11.1 Å². The van der Waals surface area contributed by atoms with Crippen molar-refractivity contribution in [1.82, 2.24) is 9.55 Å². The number of hydrogen-bond donors (Lipinski definition) is 6. The molecule has 0 aromatic carbocycles. The van der Waals surface area contributed by atoms with E-state index in [1.165, 1.54) is 10.9 Å². The van der Waals surface area contributed by atoms with Gasteiger partial charge < -0.3 is 36.2 Å². The zero-order valence-corrected chi connectivity index (χ0v) is 10.3. The van der Waals surface area contributed by atoms with Gasteiger partial charge in [0.05, 0.1) is 12.9 Å². The van der Waals surface area contributed by atoms with Crippen LogP contribution in [0.2, 0.25) is 0 Å². The van der Waals surface area contributed by atoms with E-state index in [4.69, 9.17) is 15.6 Å². The van der Waals surface area contributed by atoms with Crippen LogP contribution in [0.4, 0.5) is 5.82 Å². The number of imidazole rings is 1. The average Bonchev–Trinajstić information content (AvgIpc) is 2.93. The summed E-state index contributed by atoms with van der Waals surface area (Å²) >= 11 is 0. The number of aliphatic imine (C=N–C) groups is 1. The minimum absolute atomic E-state index is 0.0525. The Balaban J connectivity index is 1.95. The van der Waals surface area contributed by atoms with Crippen molar-refractivity contribution in [2.45, 2.75) is 30.9 Å². The minimum Gasteiger partial charge on any atom is -0.394 e. The fourth-order valence-corrected chi connectivity index (χ4v) is 2.34. The first-order valence-corrected chi connectivity index (χ1v) is 6.00. The Kier molecular flexibility index (Phi) is 3.11. The molecule has 2 aliphatic heterocycles. The zero-order chi connectivity index (χ0) is 14.4. The topological polar surface area (TPSA) is 158 Å². The van der Waals surface area contributed by atoms with E-state index in [-0.39, 0.29) is 5.84 Å². The van der Waals surface area contributed by atoms with Gasteiger partial charge >= 0.3 is 0 Å². The molecule has 7 N–H and O–H groups in total. The molecule has 1 unspecified atom stereocenters. The zero-order valence-electron chi connectivity index (χ0n) is 10.3. The Morgan fingerprint density at radius 2 is 2.10 bits per heavy atom. The fourth-order valence-electron chi connectivity index (χ4n) is 2.34. The number of rotatable bonds is 2. The molecule has 10 heteroatoms. The van der Waals surface area contributed by atoms with E-state index >= 15 is 0 Å². The van der Waals surface area contributed by atoms with Crippen LogP contribution in [0.5, 0.6) is 0 Å². The first-order chi connectivity index (χ1) is 9.52. The van der Waals surface area contributed by atoms with Gasteiger partial charge in [0, 0.05) is 0 Å². The SMILES string of the molecule is NC1=NC(O)Nc2c1ncn2[C@@H]1O[C@H](CO)[C@@H](O)[C@H]1O. The van der Waals surface area contributed by atoms with Crippen molar-refractivity contribution in [3.05, 3.63) is 12.0 Å². The summed E-state index contributed by atoms with van der Waals surface area (Å²) in [6.07, 6.45) is -4.20. The molecular formula is C10H15N5O5. The Morgan fingerprint density at radius 3 is 2.75 bits per heavy atom. The van der Waals surface area contributed by atoms with Gasteiger partial charge in [-0.25, -0.2) is 9.98 Å². The predicted octanol–water partition coefficient (Wildman–Crippen LogP) is -3.10. The lowest BCUT2D eigenvalue weighted by molar-refractivity contribution is -0.0520. The van der Waals surface area contributed by atoms with Crippen LogP contribution in [0, 0.1) is 0 Å². The van der Waals surface area contributed by atoms with Gasteiger partial charge in [0.2, 0.25) is 6.35 Å². The smallest absolute Gasteiger partial charge is 0.226 e. The van der Waals surface area contributed by atoms with Gasteiger partial charge in [-0.3, -0.25) is 4.57 Å². The number of aliphatic hydroxyl groups is 4. The highest BCUT2D eigenvalue weighted by atomic mass is 16.6. The molecule has 5 atom stereocenters. The van der Waals surface area contributed by atoms with E-state index in [9.17, 15) is 15.3 Å². The van der Waals surface area contributed by atoms with Crippen LogP contribution in [0.3, 0.4) is 0 Å². The molecule has 1 fully saturated rings. The third-order valence-corrected chi connectivity index (χ3v) is 3.35. The molecule has 1 aromatic heterocycles. The summed E-state index contributed by atoms with van der Waals surface area (Å²) in [5, 5.41) is 41.0. The number of aromatic nitrogens is 2. The monoisotopic (exact) mass is 285 g/mol. The molecule has 0 radical (unpaired) electrons. The number of nitrogens with two attached hydrogens (primary N) is 1. The number of fused-ring (bicyclic) bond motifs is 1. The van der Waals surface area contributed by atoms with Crippen LogP contribution in [0.1, 0.15) is 11.9 Å². The summed E-state index contributed by atoms with van der Waals surface area (Å²) in [4.78, 5) is 7.72. The second kappa shape index (κ2) is 4.68. The lowest BCUT2D eigenvalue weighted by Crippen LogP contribution is -2.34. The minimum atomic E-state index is -1.25. The Morgan fingerprint density at radius 1 is 1.35 bits per heavy atom. The normalized spacial score (nSPS) is 36.4. The van der Waals surface area contributed by atoms with Crippen LogP contribution >= 0.6 is 0 Å². The highest BCUT2D eigenvalue weighted by Gasteiger charge is 2.44. The number of amidine groups is 1. The van der Waals surface area contributed by atoms with E-state index in [0.717, 1.165) is 0 Å². The van der Waals surface area contributed by atoms with Crippen molar-refractivity contribution in [1.29, 1.82) is 0 Å². The summed E-state index contributed by atoms with van der Waals surface area (Å²) in [6.45, 7) is -0.425. The Bertz CT molecular complexity index is 546. The summed E-state index contributed by atoms with van der Waals surface area (Å²) in [5.41, 5.74) is 5.96. The maximum atomic E-state index is 9.98. The van der Waals surface area contributed by atoms with Crippen molar-refractivity contribution < 1.29 is 25.2 Å². The molecule has 3 rings (SSSR count). The summed E-state index contributed by atoms with van der Waals surface area (Å²) in [5.74, 6) is 0.372. The van der Waals surface area contributed by atoms with Gasteiger partial charge in [-0.15, -0.1) is 0 Å². The first-order valence-electron chi connectivity index (χ1n) is 6.00. The third-order valence-electron chi connectivity index (χ3n) is 3.35. The van der Waals surface area contributed by atoms with Crippen LogP contribution in [-0.4, -0.2) is 67.1 Å². The maximum Gasteiger partial charge on any atom is 0.226 e. The predicted molar refractivity (Wildman–Crippen MR) is 65.6 cm³/mol. The molecule has 1 aromatic rings. The summed E-state index contributed by atoms with van der Waals surface area (Å²) in [7, 11) is 0. The molecule has 110 valence electrons. The van der Waals surface area contributed by atoms with E-state index in [1.54, 1.807) is 0 Å². The van der Waals surface area contributed by atoms with Gasteiger partial charge in [0.15, 0.2) is 12.1 Å². The van der Waals surface area contributed by atoms with Gasteiger partial charge in [0.25, 0.3) is 0 Å². The van der Waals surface area contributed by atoms with Crippen molar-refractivity contribution >= 4 is 11.7 Å². The molecular weight excluding hydrogens is 270 g/mol. The molecule has 0 saturated carbocycles. The maximum absolute atomic E-state index is 9.98. The molecule has 0 bridgehead atoms. The fraction of sp³-hybridized carbons (Fsp3) is 0.600.